The van der Waals surface area contributed by atoms with E-state index >= 15 is 0 Å². The molecule has 1 amide bonds. The van der Waals surface area contributed by atoms with Crippen molar-refractivity contribution < 1.29 is 9.59 Å². The van der Waals surface area contributed by atoms with Gasteiger partial charge in [0.05, 0.1) is 0 Å². The minimum absolute atomic E-state index is 0.00536. The number of amides is 1. The van der Waals surface area contributed by atoms with Gasteiger partial charge in [-0.05, 0) is 34.4 Å². The summed E-state index contributed by atoms with van der Waals surface area (Å²) in [6.45, 7) is 4.75. The third kappa shape index (κ3) is 6.08. The molecule has 0 saturated heterocycles. The quantitative estimate of drug-likeness (QED) is 0.748. The van der Waals surface area contributed by atoms with Crippen LogP contribution in [0.1, 0.15) is 43.5 Å². The Morgan fingerprint density at radius 3 is 2.29 bits per heavy atom. The van der Waals surface area contributed by atoms with Crippen molar-refractivity contribution >= 4 is 11.7 Å². The summed E-state index contributed by atoms with van der Waals surface area (Å²) < 4.78 is 0. The Bertz CT molecular complexity index is 467. The van der Waals surface area contributed by atoms with Crippen molar-refractivity contribution in [2.75, 3.05) is 20.6 Å². The molecule has 0 saturated carbocycles. The van der Waals surface area contributed by atoms with Crippen molar-refractivity contribution in [3.05, 3.63) is 35.9 Å². The van der Waals surface area contributed by atoms with Gasteiger partial charge in [-0.25, -0.2) is 0 Å². The molecule has 116 valence electrons. The Balaban J connectivity index is 2.27. The van der Waals surface area contributed by atoms with Crippen LogP contribution in [0.2, 0.25) is 0 Å². The van der Waals surface area contributed by atoms with Crippen molar-refractivity contribution in [1.29, 1.82) is 0 Å². The van der Waals surface area contributed by atoms with Crippen molar-refractivity contribution in [2.24, 2.45) is 0 Å². The van der Waals surface area contributed by atoms with Crippen LogP contribution in [0.15, 0.2) is 30.3 Å². The molecule has 0 atom stereocenters. The lowest BCUT2D eigenvalue weighted by Crippen LogP contribution is -2.48. The SMILES string of the molecule is CN(C)C(C)(C)CNC(=O)CCCC(=O)c1ccccc1. The van der Waals surface area contributed by atoms with Gasteiger partial charge in [-0.3, -0.25) is 9.59 Å². The molecular weight excluding hydrogens is 264 g/mol. The second kappa shape index (κ2) is 7.93. The van der Waals surface area contributed by atoms with Gasteiger partial charge in [-0.15, -0.1) is 0 Å². The first-order valence-electron chi connectivity index (χ1n) is 7.35. The molecular formula is C17H26N2O2. The summed E-state index contributed by atoms with van der Waals surface area (Å²) in [5.74, 6) is 0.0998. The van der Waals surface area contributed by atoms with Crippen LogP contribution < -0.4 is 5.32 Å². The van der Waals surface area contributed by atoms with Crippen molar-refractivity contribution in [2.45, 2.75) is 38.6 Å². The van der Waals surface area contributed by atoms with Crippen LogP contribution in [0.5, 0.6) is 0 Å². The van der Waals surface area contributed by atoms with E-state index in [0.29, 0.717) is 31.4 Å². The standard InChI is InChI=1S/C17H26N2O2/c1-17(2,19(3)4)13-18-16(21)12-8-11-15(20)14-9-6-5-7-10-14/h5-7,9-10H,8,11-13H2,1-4H3,(H,18,21). The summed E-state index contributed by atoms with van der Waals surface area (Å²) in [5, 5.41) is 2.93. The van der Waals surface area contributed by atoms with Gasteiger partial charge in [0.1, 0.15) is 0 Å². The van der Waals surface area contributed by atoms with E-state index in [4.69, 9.17) is 0 Å². The van der Waals surface area contributed by atoms with E-state index in [-0.39, 0.29) is 17.2 Å². The molecule has 0 radical (unpaired) electrons. The van der Waals surface area contributed by atoms with Gasteiger partial charge < -0.3 is 10.2 Å². The molecule has 0 bridgehead atoms. The van der Waals surface area contributed by atoms with Crippen LogP contribution in [0.4, 0.5) is 0 Å². The number of hydrogen-bond acceptors (Lipinski definition) is 3. The average molecular weight is 290 g/mol. The monoisotopic (exact) mass is 290 g/mol. The summed E-state index contributed by atoms with van der Waals surface area (Å²) in [4.78, 5) is 25.8. The number of likely N-dealkylation sites (N-methyl/N-ethyl adjacent to an activating group) is 1. The molecule has 0 heterocycles. The molecule has 4 heteroatoms. The second-order valence-electron chi connectivity index (χ2n) is 6.13. The lowest BCUT2D eigenvalue weighted by molar-refractivity contribution is -0.121. The molecule has 1 aromatic rings. The van der Waals surface area contributed by atoms with Crippen LogP contribution in [-0.4, -0.2) is 42.8 Å². The van der Waals surface area contributed by atoms with Crippen molar-refractivity contribution in [3.63, 3.8) is 0 Å². The number of nitrogens with one attached hydrogen (secondary N) is 1. The van der Waals surface area contributed by atoms with Crippen molar-refractivity contribution in [1.82, 2.24) is 10.2 Å². The number of ketones is 1. The molecule has 0 spiro atoms. The number of rotatable bonds is 8. The molecule has 0 fully saturated rings. The van der Waals surface area contributed by atoms with E-state index in [9.17, 15) is 9.59 Å². The fourth-order valence-electron chi connectivity index (χ4n) is 1.74. The molecule has 4 nitrogen and oxygen atoms in total. The van der Waals surface area contributed by atoms with E-state index in [2.05, 4.69) is 24.1 Å². The number of nitrogens with zero attached hydrogens (tertiary/aromatic N) is 1. The highest BCUT2D eigenvalue weighted by Crippen LogP contribution is 2.09. The molecule has 0 aliphatic carbocycles. The third-order valence-electron chi connectivity index (χ3n) is 3.83. The molecule has 1 aromatic carbocycles. The number of Topliss-reactive ketones (excluding diaryl/α,β-unsaturated/α-hetero) is 1. The summed E-state index contributed by atoms with van der Waals surface area (Å²) in [5.41, 5.74) is 0.641. The first-order valence-corrected chi connectivity index (χ1v) is 7.35. The van der Waals surface area contributed by atoms with E-state index in [0.717, 1.165) is 0 Å². The Morgan fingerprint density at radius 2 is 1.71 bits per heavy atom. The molecule has 0 aromatic heterocycles. The lowest BCUT2D eigenvalue weighted by atomic mass is 10.0. The minimum Gasteiger partial charge on any atom is -0.354 e. The summed E-state index contributed by atoms with van der Waals surface area (Å²) in [6.07, 6.45) is 1.39. The fourth-order valence-corrected chi connectivity index (χ4v) is 1.74. The third-order valence-corrected chi connectivity index (χ3v) is 3.83. The number of hydrogen-bond donors (Lipinski definition) is 1. The maximum absolute atomic E-state index is 11.9. The highest BCUT2D eigenvalue weighted by molar-refractivity contribution is 5.96. The predicted octanol–water partition coefficient (Wildman–Crippen LogP) is 2.50. The first kappa shape index (κ1) is 17.4. The molecule has 0 aliphatic heterocycles. The van der Waals surface area contributed by atoms with Gasteiger partial charge in [0.2, 0.25) is 5.91 Å². The topological polar surface area (TPSA) is 49.4 Å². The van der Waals surface area contributed by atoms with Crippen LogP contribution in [-0.2, 0) is 4.79 Å². The van der Waals surface area contributed by atoms with Gasteiger partial charge in [-0.2, -0.15) is 0 Å². The molecule has 0 aliphatic rings. The fraction of sp³-hybridized carbons (Fsp3) is 0.529. The molecule has 0 unspecified atom stereocenters. The predicted molar refractivity (Wildman–Crippen MR) is 85.4 cm³/mol. The number of carbonyl (C=O) groups is 2. The zero-order valence-corrected chi connectivity index (χ0v) is 13.5. The van der Waals surface area contributed by atoms with E-state index < -0.39 is 0 Å². The highest BCUT2D eigenvalue weighted by Gasteiger charge is 2.20. The van der Waals surface area contributed by atoms with Crippen molar-refractivity contribution in [3.8, 4) is 0 Å². The number of carbonyl (C=O) groups excluding carboxylic acids is 2. The maximum atomic E-state index is 11.9. The Hall–Kier alpha value is -1.68. The summed E-state index contributed by atoms with van der Waals surface area (Å²) in [7, 11) is 3.98. The van der Waals surface area contributed by atoms with E-state index in [1.54, 1.807) is 0 Å². The van der Waals surface area contributed by atoms with Gasteiger partial charge in [0, 0.05) is 30.5 Å². The van der Waals surface area contributed by atoms with Crippen LogP contribution in [0.3, 0.4) is 0 Å². The second-order valence-corrected chi connectivity index (χ2v) is 6.13. The van der Waals surface area contributed by atoms with Crippen LogP contribution in [0, 0.1) is 0 Å². The lowest BCUT2D eigenvalue weighted by Gasteiger charge is -2.32. The van der Waals surface area contributed by atoms with Crippen LogP contribution in [0.25, 0.3) is 0 Å². The van der Waals surface area contributed by atoms with Crippen LogP contribution >= 0.6 is 0 Å². The largest absolute Gasteiger partial charge is 0.354 e. The van der Waals surface area contributed by atoms with Gasteiger partial charge in [0.15, 0.2) is 5.78 Å². The number of benzene rings is 1. The zero-order valence-electron chi connectivity index (χ0n) is 13.5. The normalized spacial score (nSPS) is 11.5. The van der Waals surface area contributed by atoms with E-state index in [1.807, 2.05) is 44.4 Å². The van der Waals surface area contributed by atoms with Gasteiger partial charge >= 0.3 is 0 Å². The smallest absolute Gasteiger partial charge is 0.220 e. The Kier molecular flexibility index (Phi) is 6.56. The first-order chi connectivity index (χ1) is 9.83. The average Bonchev–Trinajstić information content (AvgIpc) is 2.46. The maximum Gasteiger partial charge on any atom is 0.220 e. The minimum atomic E-state index is -0.0739. The Labute approximate surface area is 127 Å². The molecule has 21 heavy (non-hydrogen) atoms. The summed E-state index contributed by atoms with van der Waals surface area (Å²) >= 11 is 0. The molecule has 1 rings (SSSR count). The van der Waals surface area contributed by atoms with E-state index in [1.165, 1.54) is 0 Å². The summed E-state index contributed by atoms with van der Waals surface area (Å²) in [6, 6.07) is 9.20. The zero-order chi connectivity index (χ0) is 15.9. The van der Waals surface area contributed by atoms with Gasteiger partial charge in [0.25, 0.3) is 0 Å². The molecule has 1 N–H and O–H groups in total. The Morgan fingerprint density at radius 1 is 1.10 bits per heavy atom. The van der Waals surface area contributed by atoms with Gasteiger partial charge in [-0.1, -0.05) is 30.3 Å². The highest BCUT2D eigenvalue weighted by atomic mass is 16.1.